The number of nitrogens with one attached hydrogen (secondary N) is 1. The molecular formula is C50H107N6+5. The molecule has 0 aromatic carbocycles. The highest BCUT2D eigenvalue weighted by Crippen LogP contribution is 2.31. The monoisotopic (exact) mass is 792 g/mol. The third-order valence-electron chi connectivity index (χ3n) is 17.7. The molecule has 4 aliphatic heterocycles. The summed E-state index contributed by atoms with van der Waals surface area (Å²) >= 11 is 0. The van der Waals surface area contributed by atoms with E-state index in [2.05, 4.69) is 74.6 Å². The number of likely N-dealkylation sites (tertiary alicyclic amines) is 4. The molecule has 4 fully saturated rings. The van der Waals surface area contributed by atoms with Crippen molar-refractivity contribution >= 4 is 0 Å². The van der Waals surface area contributed by atoms with Gasteiger partial charge in [-0.2, -0.15) is 0 Å². The van der Waals surface area contributed by atoms with Gasteiger partial charge >= 0.3 is 0 Å². The highest BCUT2D eigenvalue weighted by Gasteiger charge is 2.32. The number of rotatable bonds is 24. The Morgan fingerprint density at radius 2 is 0.786 bits per heavy atom. The molecule has 1 N–H and O–H groups in total. The molecule has 0 saturated carbocycles. The summed E-state index contributed by atoms with van der Waals surface area (Å²) < 4.78 is 5.36. The van der Waals surface area contributed by atoms with Crippen molar-refractivity contribution in [3.63, 3.8) is 0 Å². The van der Waals surface area contributed by atoms with Crippen molar-refractivity contribution in [2.45, 2.75) is 157 Å². The van der Waals surface area contributed by atoms with Crippen molar-refractivity contribution < 1.29 is 22.8 Å². The van der Waals surface area contributed by atoms with Gasteiger partial charge in [0.1, 0.15) is 0 Å². The van der Waals surface area contributed by atoms with Crippen molar-refractivity contribution in [3.05, 3.63) is 0 Å². The summed E-state index contributed by atoms with van der Waals surface area (Å²) in [7, 11) is 9.72. The van der Waals surface area contributed by atoms with Crippen LogP contribution in [-0.2, 0) is 0 Å². The first-order valence-electron chi connectivity index (χ1n) is 25.8. The maximum atomic E-state index is 2.56. The lowest BCUT2D eigenvalue weighted by molar-refractivity contribution is -0.926. The average molecular weight is 792 g/mol. The Balaban J connectivity index is 0.000000408. The molecular weight excluding hydrogens is 685 g/mol. The van der Waals surface area contributed by atoms with Gasteiger partial charge in [-0.1, -0.05) is 38.5 Å². The van der Waals surface area contributed by atoms with E-state index >= 15 is 0 Å². The first-order chi connectivity index (χ1) is 26.9. The van der Waals surface area contributed by atoms with E-state index in [-0.39, 0.29) is 0 Å². The van der Waals surface area contributed by atoms with E-state index in [1.54, 1.807) is 4.90 Å². The molecule has 0 amide bonds. The van der Waals surface area contributed by atoms with Gasteiger partial charge in [0.05, 0.1) is 126 Å². The van der Waals surface area contributed by atoms with Crippen LogP contribution >= 0.6 is 0 Å². The third-order valence-corrected chi connectivity index (χ3v) is 17.7. The number of hydrogen-bond acceptors (Lipinski definition) is 1. The zero-order valence-electron chi connectivity index (χ0n) is 40.5. The summed E-state index contributed by atoms with van der Waals surface area (Å²) in [5, 5.41) is 0. The zero-order valence-corrected chi connectivity index (χ0v) is 40.5. The molecule has 56 heavy (non-hydrogen) atoms. The van der Waals surface area contributed by atoms with Crippen LogP contribution < -0.4 is 4.90 Å². The quantitative estimate of drug-likeness (QED) is 0.0761. The Hall–Kier alpha value is -0.240. The largest absolute Gasteiger partial charge is 0.337 e. The molecule has 6 nitrogen and oxygen atoms in total. The molecule has 0 aromatic rings. The zero-order chi connectivity index (χ0) is 40.9. The fourth-order valence-corrected chi connectivity index (χ4v) is 11.9. The lowest BCUT2D eigenvalue weighted by Gasteiger charge is -2.42. The second-order valence-electron chi connectivity index (χ2n) is 21.4. The number of nitrogens with zero attached hydrogens (tertiary/aromatic N) is 5. The molecule has 6 heteroatoms. The average Bonchev–Trinajstić information content (AvgIpc) is 3.22. The van der Waals surface area contributed by atoms with Crippen LogP contribution in [0.1, 0.15) is 157 Å². The van der Waals surface area contributed by atoms with E-state index in [0.29, 0.717) is 0 Å². The van der Waals surface area contributed by atoms with Gasteiger partial charge in [0.25, 0.3) is 0 Å². The van der Waals surface area contributed by atoms with Crippen LogP contribution in [0, 0.1) is 23.7 Å². The van der Waals surface area contributed by atoms with Crippen LogP contribution in [0.3, 0.4) is 0 Å². The predicted octanol–water partition coefficient (Wildman–Crippen LogP) is 8.61. The molecule has 0 bridgehead atoms. The molecule has 4 aliphatic rings. The van der Waals surface area contributed by atoms with Gasteiger partial charge in [-0.25, -0.2) is 0 Å². The lowest BCUT2D eigenvalue weighted by Crippen LogP contribution is -3.10. The minimum atomic E-state index is 1.02. The van der Waals surface area contributed by atoms with E-state index < -0.39 is 0 Å². The van der Waals surface area contributed by atoms with Crippen LogP contribution in [0.2, 0.25) is 0 Å². The molecule has 4 saturated heterocycles. The Kier molecular flexibility index (Phi) is 23.4. The molecule has 0 spiro atoms. The SMILES string of the molecule is CC[N+](CC)(CC)CCCC[N+]1(C)CCC(CCCC2CC[N+](C)(CCCC[N+](CC)(CC)CC)CC2)CC1.CN1CCC(CCCC2CC[NH+](C)CC2)CC1. The van der Waals surface area contributed by atoms with Gasteiger partial charge in [0.15, 0.2) is 0 Å². The van der Waals surface area contributed by atoms with Gasteiger partial charge in [0.2, 0.25) is 0 Å². The smallest absolute Gasteiger partial charge is 0.0788 e. The van der Waals surface area contributed by atoms with Crippen LogP contribution in [0.4, 0.5) is 0 Å². The molecule has 4 rings (SSSR count). The molecule has 0 unspecified atom stereocenters. The van der Waals surface area contributed by atoms with Gasteiger partial charge in [-0.05, 0) is 137 Å². The minimum Gasteiger partial charge on any atom is -0.337 e. The van der Waals surface area contributed by atoms with Crippen molar-refractivity contribution in [1.29, 1.82) is 0 Å². The fraction of sp³-hybridized carbons (Fsp3) is 1.00. The molecule has 4 heterocycles. The summed E-state index contributed by atoms with van der Waals surface area (Å²) in [6, 6.07) is 0. The Morgan fingerprint density at radius 1 is 0.464 bits per heavy atom. The van der Waals surface area contributed by atoms with Crippen LogP contribution in [0.5, 0.6) is 0 Å². The first-order valence-corrected chi connectivity index (χ1v) is 25.8. The van der Waals surface area contributed by atoms with Gasteiger partial charge in [-0.15, -0.1) is 0 Å². The third kappa shape index (κ3) is 17.8. The highest BCUT2D eigenvalue weighted by molar-refractivity contribution is 4.72. The normalized spacial score (nSPS) is 29.9. The summed E-state index contributed by atoms with van der Waals surface area (Å²) in [6.45, 7) is 39.0. The van der Waals surface area contributed by atoms with Crippen LogP contribution in [0.25, 0.3) is 0 Å². The number of hydrogen-bond donors (Lipinski definition) is 1. The minimum absolute atomic E-state index is 1.02. The van der Waals surface area contributed by atoms with E-state index in [9.17, 15) is 0 Å². The number of quaternary nitrogens is 5. The van der Waals surface area contributed by atoms with Gasteiger partial charge < -0.3 is 27.7 Å². The standard InChI is InChI=1S/C35H76N4.C15H30N2/c1-9-38(10-2,11-3)28-17-15-26-36(7)30-22-34(23-31-36)20-19-21-35-24-32-37(8,33-25-35)27-16-18-29-39(12-4,13-5)14-6;1-16-10-6-14(7-11-16)4-3-5-15-8-12-17(2)13-9-15/h34-35H,9-33H2,1-8H3;14-15H,3-13H2,1-2H3/q+4;/p+1. The second kappa shape index (κ2) is 26.2. The summed E-state index contributed by atoms with van der Waals surface area (Å²) in [5.41, 5.74) is 0. The van der Waals surface area contributed by atoms with Gasteiger partial charge in [0, 0.05) is 25.7 Å². The fourth-order valence-electron chi connectivity index (χ4n) is 11.9. The Bertz CT molecular complexity index is 868. The Morgan fingerprint density at radius 3 is 1.12 bits per heavy atom. The topological polar surface area (TPSA) is 7.68 Å². The molecule has 0 aliphatic carbocycles. The van der Waals surface area contributed by atoms with Crippen LogP contribution in [0.15, 0.2) is 0 Å². The molecule has 0 radical (unpaired) electrons. The summed E-state index contributed by atoms with van der Waals surface area (Å²) in [6.07, 6.45) is 26.6. The van der Waals surface area contributed by atoms with Crippen molar-refractivity contribution in [2.75, 3.05) is 146 Å². The molecule has 0 aromatic heterocycles. The highest BCUT2D eigenvalue weighted by atomic mass is 15.4. The second-order valence-corrected chi connectivity index (χ2v) is 21.4. The van der Waals surface area contributed by atoms with Crippen molar-refractivity contribution in [3.8, 4) is 0 Å². The predicted molar refractivity (Wildman–Crippen MR) is 246 cm³/mol. The van der Waals surface area contributed by atoms with Gasteiger partial charge in [-0.3, -0.25) is 0 Å². The summed E-state index contributed by atoms with van der Waals surface area (Å²) in [5.74, 6) is 4.14. The van der Waals surface area contributed by atoms with E-state index in [1.165, 1.54) is 251 Å². The van der Waals surface area contributed by atoms with E-state index in [0.717, 1.165) is 23.7 Å². The summed E-state index contributed by atoms with van der Waals surface area (Å²) in [4.78, 5) is 4.23. The van der Waals surface area contributed by atoms with E-state index in [1.807, 2.05) is 0 Å². The Labute approximate surface area is 353 Å². The van der Waals surface area contributed by atoms with Crippen molar-refractivity contribution in [1.82, 2.24) is 4.90 Å². The maximum Gasteiger partial charge on any atom is 0.0788 e. The maximum absolute atomic E-state index is 2.56. The molecule has 332 valence electrons. The molecule has 0 atom stereocenters. The number of piperidine rings is 4. The van der Waals surface area contributed by atoms with Crippen LogP contribution in [-0.4, -0.2) is 169 Å². The van der Waals surface area contributed by atoms with E-state index in [4.69, 9.17) is 0 Å². The first kappa shape index (κ1) is 50.1. The van der Waals surface area contributed by atoms with Crippen molar-refractivity contribution in [2.24, 2.45) is 23.7 Å². The number of unbranched alkanes of at least 4 members (excludes halogenated alkanes) is 2. The lowest BCUT2D eigenvalue weighted by atomic mass is 9.86.